The van der Waals surface area contributed by atoms with Crippen molar-refractivity contribution in [3.63, 3.8) is 0 Å². The van der Waals surface area contributed by atoms with Crippen LogP contribution in [0.2, 0.25) is 0 Å². The van der Waals surface area contributed by atoms with Gasteiger partial charge in [0.15, 0.2) is 0 Å². The molecule has 0 aromatic heterocycles. The van der Waals surface area contributed by atoms with Gasteiger partial charge in [0.2, 0.25) is 10.0 Å². The number of ketones is 1. The number of carbonyl (C=O) groups is 1. The van der Waals surface area contributed by atoms with Gasteiger partial charge in [0.25, 0.3) is 0 Å². The van der Waals surface area contributed by atoms with Crippen molar-refractivity contribution < 1.29 is 36.9 Å². The SMILES string of the molecule is COCCCN1CCOc2ccc(CO[C@H]3CN(S(=O)(=O)c4ccc(C)cc4)[C@@H](CC(C)=O)C[C@@H]3c3ccc(COCC(C)COC)cc3)cc21. The van der Waals surface area contributed by atoms with Crippen LogP contribution in [0.25, 0.3) is 0 Å². The minimum absolute atomic E-state index is 0.0521. The molecule has 0 saturated carbocycles. The van der Waals surface area contributed by atoms with E-state index in [1.165, 1.54) is 11.2 Å². The fourth-order valence-electron chi connectivity index (χ4n) is 7.01. The van der Waals surface area contributed by atoms with E-state index in [4.69, 9.17) is 23.7 Å². The van der Waals surface area contributed by atoms with E-state index in [0.29, 0.717) is 52.0 Å². The van der Waals surface area contributed by atoms with Crippen molar-refractivity contribution in [3.8, 4) is 5.75 Å². The maximum atomic E-state index is 14.2. The average Bonchev–Trinajstić information content (AvgIpc) is 3.11. The van der Waals surface area contributed by atoms with Gasteiger partial charge < -0.3 is 28.6 Å². The Morgan fingerprint density at radius 2 is 1.71 bits per heavy atom. The molecule has 4 atom stereocenters. The van der Waals surface area contributed by atoms with E-state index in [-0.39, 0.29) is 29.6 Å². The van der Waals surface area contributed by atoms with E-state index in [1.807, 2.05) is 19.1 Å². The lowest BCUT2D eigenvalue weighted by atomic mass is 9.82. The van der Waals surface area contributed by atoms with Gasteiger partial charge in [-0.1, -0.05) is 55.0 Å². The fourth-order valence-corrected chi connectivity index (χ4v) is 8.65. The van der Waals surface area contributed by atoms with E-state index in [9.17, 15) is 13.2 Å². The van der Waals surface area contributed by atoms with E-state index < -0.39 is 22.2 Å². The molecule has 51 heavy (non-hydrogen) atoms. The van der Waals surface area contributed by atoms with Crippen LogP contribution in [0.1, 0.15) is 61.3 Å². The molecule has 5 rings (SSSR count). The predicted octanol–water partition coefficient (Wildman–Crippen LogP) is 6.14. The van der Waals surface area contributed by atoms with Gasteiger partial charge in [0.05, 0.1) is 49.7 Å². The van der Waals surface area contributed by atoms with Gasteiger partial charge in [-0.15, -0.1) is 0 Å². The zero-order valence-corrected chi connectivity index (χ0v) is 31.5. The molecule has 0 bridgehead atoms. The minimum atomic E-state index is -3.91. The molecule has 10 nitrogen and oxygen atoms in total. The number of sulfonamides is 1. The fraction of sp³-hybridized carbons (Fsp3) is 0.525. The third-order valence-corrected chi connectivity index (χ3v) is 11.6. The Hall–Kier alpha value is -3.32. The number of ether oxygens (including phenoxy) is 5. The molecular formula is C40H54N2O8S. The van der Waals surface area contributed by atoms with Crippen LogP contribution in [0.4, 0.5) is 5.69 Å². The van der Waals surface area contributed by atoms with E-state index in [2.05, 4.69) is 42.2 Å². The number of rotatable bonds is 18. The molecule has 0 aliphatic carbocycles. The number of fused-ring (bicyclic) bond motifs is 1. The summed E-state index contributed by atoms with van der Waals surface area (Å²) >= 11 is 0. The summed E-state index contributed by atoms with van der Waals surface area (Å²) in [6.45, 7) is 10.7. The van der Waals surface area contributed by atoms with Gasteiger partial charge in [0, 0.05) is 58.2 Å². The van der Waals surface area contributed by atoms with Gasteiger partial charge >= 0.3 is 0 Å². The summed E-state index contributed by atoms with van der Waals surface area (Å²) in [4.78, 5) is 15.1. The Morgan fingerprint density at radius 1 is 0.961 bits per heavy atom. The highest BCUT2D eigenvalue weighted by molar-refractivity contribution is 7.89. The van der Waals surface area contributed by atoms with Crippen LogP contribution in [-0.2, 0) is 47.0 Å². The molecule has 0 amide bonds. The first-order valence-electron chi connectivity index (χ1n) is 17.9. The summed E-state index contributed by atoms with van der Waals surface area (Å²) in [6.07, 6.45) is 1.02. The quantitative estimate of drug-likeness (QED) is 0.143. The van der Waals surface area contributed by atoms with Gasteiger partial charge in [0.1, 0.15) is 18.1 Å². The molecule has 1 fully saturated rings. The highest BCUT2D eigenvalue weighted by Gasteiger charge is 2.43. The highest BCUT2D eigenvalue weighted by atomic mass is 32.2. The first kappa shape index (κ1) is 38.9. The number of aryl methyl sites for hydroxylation is 1. The molecule has 0 spiro atoms. The number of benzene rings is 3. The molecule has 0 radical (unpaired) electrons. The monoisotopic (exact) mass is 722 g/mol. The number of methoxy groups -OCH3 is 2. The number of Topliss-reactive ketones (excluding diaryl/α,β-unsaturated/α-hetero) is 1. The Bertz CT molecular complexity index is 1660. The molecule has 3 aromatic carbocycles. The minimum Gasteiger partial charge on any atom is -0.490 e. The van der Waals surface area contributed by atoms with Crippen LogP contribution in [0.5, 0.6) is 5.75 Å². The molecule has 2 aliphatic rings. The van der Waals surface area contributed by atoms with Gasteiger partial charge in [-0.3, -0.25) is 4.79 Å². The van der Waals surface area contributed by atoms with Crippen molar-refractivity contribution in [2.75, 3.05) is 65.2 Å². The summed E-state index contributed by atoms with van der Waals surface area (Å²) in [5, 5.41) is 0. The second-order valence-corrected chi connectivity index (χ2v) is 15.8. The number of anilines is 1. The topological polar surface area (TPSA) is 104 Å². The van der Waals surface area contributed by atoms with Crippen molar-refractivity contribution in [3.05, 3.63) is 89.0 Å². The van der Waals surface area contributed by atoms with Crippen molar-refractivity contribution >= 4 is 21.5 Å². The third kappa shape index (κ3) is 10.4. The molecular weight excluding hydrogens is 669 g/mol. The Kier molecular flexibility index (Phi) is 14.1. The van der Waals surface area contributed by atoms with Gasteiger partial charge in [-0.2, -0.15) is 4.31 Å². The second kappa shape index (κ2) is 18.4. The summed E-state index contributed by atoms with van der Waals surface area (Å²) in [5.41, 5.74) is 5.06. The number of hydrogen-bond acceptors (Lipinski definition) is 9. The lowest BCUT2D eigenvalue weighted by Crippen LogP contribution is -2.52. The first-order valence-corrected chi connectivity index (χ1v) is 19.4. The third-order valence-electron chi connectivity index (χ3n) is 9.65. The van der Waals surface area contributed by atoms with E-state index >= 15 is 0 Å². The summed E-state index contributed by atoms with van der Waals surface area (Å²) in [6, 6.07) is 20.8. The van der Waals surface area contributed by atoms with Crippen LogP contribution in [0.15, 0.2) is 71.6 Å². The maximum Gasteiger partial charge on any atom is 0.243 e. The van der Waals surface area contributed by atoms with Crippen LogP contribution in [-0.4, -0.2) is 90.9 Å². The first-order chi connectivity index (χ1) is 24.6. The molecule has 0 N–H and O–H groups in total. The van der Waals surface area contributed by atoms with Crippen molar-refractivity contribution in [2.24, 2.45) is 5.92 Å². The van der Waals surface area contributed by atoms with Crippen molar-refractivity contribution in [2.45, 2.75) is 76.2 Å². The molecule has 3 aromatic rings. The highest BCUT2D eigenvalue weighted by Crippen LogP contribution is 2.39. The zero-order valence-electron chi connectivity index (χ0n) is 30.7. The number of hydrogen-bond donors (Lipinski definition) is 0. The van der Waals surface area contributed by atoms with Crippen molar-refractivity contribution in [1.29, 1.82) is 0 Å². The number of nitrogens with zero attached hydrogens (tertiary/aromatic N) is 2. The van der Waals surface area contributed by atoms with E-state index in [0.717, 1.165) is 53.2 Å². The van der Waals surface area contributed by atoms with Crippen LogP contribution in [0.3, 0.4) is 0 Å². The smallest absolute Gasteiger partial charge is 0.243 e. The summed E-state index contributed by atoms with van der Waals surface area (Å²) in [5.74, 6) is 0.955. The normalized spacial score (nSPS) is 20.1. The lowest BCUT2D eigenvalue weighted by Gasteiger charge is -2.43. The van der Waals surface area contributed by atoms with Gasteiger partial charge in [-0.25, -0.2) is 8.42 Å². The van der Waals surface area contributed by atoms with Crippen LogP contribution < -0.4 is 9.64 Å². The molecule has 2 heterocycles. The Balaban J connectivity index is 1.41. The van der Waals surface area contributed by atoms with E-state index in [1.54, 1.807) is 38.5 Å². The summed E-state index contributed by atoms with van der Waals surface area (Å²) in [7, 11) is -0.507. The number of carbonyl (C=O) groups excluding carboxylic acids is 1. The zero-order chi connectivity index (χ0) is 36.4. The lowest BCUT2D eigenvalue weighted by molar-refractivity contribution is -0.118. The largest absolute Gasteiger partial charge is 0.490 e. The molecule has 1 unspecified atom stereocenters. The predicted molar refractivity (Wildman–Crippen MR) is 198 cm³/mol. The molecule has 11 heteroatoms. The van der Waals surface area contributed by atoms with Crippen LogP contribution in [0, 0.1) is 12.8 Å². The van der Waals surface area contributed by atoms with Gasteiger partial charge in [-0.05, 0) is 67.6 Å². The maximum absolute atomic E-state index is 14.2. The average molecular weight is 723 g/mol. The standard InChI is InChI=1S/C40H54N2O8S/c1-29-7-14-36(15-8-29)51(44,45)42-24-40(50-28-33-11-16-39-38(22-33)41(18-20-49-39)17-6-19-46-4)37(23-35(42)21-31(3)43)34-12-9-32(10-13-34)27-48-26-30(2)25-47-5/h7-16,22,30,35,37,40H,6,17-21,23-28H2,1-5H3/t30?,35-,37+,40-/m0/s1. The second-order valence-electron chi connectivity index (χ2n) is 13.9. The Labute approximate surface area is 304 Å². The molecule has 278 valence electrons. The summed E-state index contributed by atoms with van der Waals surface area (Å²) < 4.78 is 59.0. The molecule has 2 aliphatic heterocycles. The number of piperidine rings is 1. The molecule has 1 saturated heterocycles. The van der Waals surface area contributed by atoms with Crippen LogP contribution >= 0.6 is 0 Å². The van der Waals surface area contributed by atoms with Crippen molar-refractivity contribution in [1.82, 2.24) is 4.31 Å². The Morgan fingerprint density at radius 3 is 2.41 bits per heavy atom.